The van der Waals surface area contributed by atoms with Gasteiger partial charge in [-0.05, 0) is 37.3 Å². The molecular formula is C14H15FN2O. The van der Waals surface area contributed by atoms with Crippen molar-refractivity contribution in [3.63, 3.8) is 0 Å². The number of carbonyl (C=O) groups excluding carboxylic acids is 1. The van der Waals surface area contributed by atoms with Gasteiger partial charge >= 0.3 is 0 Å². The van der Waals surface area contributed by atoms with Crippen LogP contribution in [-0.4, -0.2) is 12.1 Å². The normalized spacial score (nSPS) is 19.1. The maximum atomic E-state index is 13.3. The highest BCUT2D eigenvalue weighted by molar-refractivity contribution is 5.94. The predicted molar refractivity (Wildman–Crippen MR) is 68.8 cm³/mol. The second kappa shape index (κ2) is 6.10. The van der Waals surface area contributed by atoms with E-state index in [1.54, 1.807) is 18.3 Å². The number of hydrazone groups is 1. The van der Waals surface area contributed by atoms with Crippen LogP contribution in [0.2, 0.25) is 0 Å². The van der Waals surface area contributed by atoms with Gasteiger partial charge in [-0.3, -0.25) is 4.79 Å². The molecule has 0 aliphatic heterocycles. The van der Waals surface area contributed by atoms with Gasteiger partial charge in [0.2, 0.25) is 0 Å². The molecular weight excluding hydrogens is 231 g/mol. The van der Waals surface area contributed by atoms with Crippen LogP contribution in [0.5, 0.6) is 0 Å². The molecule has 1 aromatic rings. The average Bonchev–Trinajstić information content (AvgIpc) is 2.40. The number of halogens is 1. The van der Waals surface area contributed by atoms with Crippen molar-refractivity contribution in [3.8, 4) is 0 Å². The molecule has 18 heavy (non-hydrogen) atoms. The summed E-state index contributed by atoms with van der Waals surface area (Å²) in [7, 11) is 0. The molecule has 0 aromatic heterocycles. The Morgan fingerprint density at radius 3 is 2.94 bits per heavy atom. The molecule has 1 N–H and O–H groups in total. The third-order valence-corrected chi connectivity index (χ3v) is 2.88. The van der Waals surface area contributed by atoms with Crippen LogP contribution in [0.3, 0.4) is 0 Å². The topological polar surface area (TPSA) is 41.5 Å². The van der Waals surface area contributed by atoms with Crippen molar-refractivity contribution >= 4 is 12.1 Å². The Hall–Kier alpha value is -1.97. The molecule has 4 heteroatoms. The molecule has 0 saturated heterocycles. The van der Waals surface area contributed by atoms with Gasteiger partial charge < -0.3 is 0 Å². The molecule has 1 amide bonds. The summed E-state index contributed by atoms with van der Waals surface area (Å²) in [6.45, 7) is 0. The summed E-state index contributed by atoms with van der Waals surface area (Å²) >= 11 is 0. The third-order valence-electron chi connectivity index (χ3n) is 2.88. The maximum Gasteiger partial charge on any atom is 0.274 e. The highest BCUT2D eigenvalue weighted by atomic mass is 19.1. The monoisotopic (exact) mass is 246 g/mol. The molecule has 1 aliphatic rings. The Morgan fingerprint density at radius 1 is 1.39 bits per heavy atom. The quantitative estimate of drug-likeness (QED) is 0.497. The zero-order valence-electron chi connectivity index (χ0n) is 9.97. The van der Waals surface area contributed by atoms with E-state index in [0.717, 1.165) is 19.3 Å². The molecule has 2 rings (SSSR count). The van der Waals surface area contributed by atoms with E-state index >= 15 is 0 Å². The fraction of sp³-hybridized carbons (Fsp3) is 0.286. The highest BCUT2D eigenvalue weighted by Gasteiger charge is 2.10. The number of allylic oxidation sites excluding steroid dienone is 2. The minimum atomic E-state index is -0.536. The van der Waals surface area contributed by atoms with Crippen molar-refractivity contribution in [2.24, 2.45) is 11.0 Å². The maximum absolute atomic E-state index is 13.3. The van der Waals surface area contributed by atoms with Crippen LogP contribution in [0.1, 0.15) is 29.6 Å². The Labute approximate surface area is 105 Å². The third kappa shape index (κ3) is 3.26. The van der Waals surface area contributed by atoms with Gasteiger partial charge in [0.05, 0.1) is 5.56 Å². The SMILES string of the molecule is O=C(N/N=C\[C@@H]1CC=CCC1)c1ccccc1F. The van der Waals surface area contributed by atoms with Gasteiger partial charge in [0.25, 0.3) is 5.91 Å². The number of nitrogens with one attached hydrogen (secondary N) is 1. The zero-order valence-corrected chi connectivity index (χ0v) is 9.97. The van der Waals surface area contributed by atoms with Crippen molar-refractivity contribution in [2.45, 2.75) is 19.3 Å². The van der Waals surface area contributed by atoms with E-state index in [9.17, 15) is 9.18 Å². The lowest BCUT2D eigenvalue weighted by atomic mass is 9.96. The first kappa shape index (κ1) is 12.5. The van der Waals surface area contributed by atoms with E-state index in [2.05, 4.69) is 22.7 Å². The minimum absolute atomic E-state index is 0.0122. The van der Waals surface area contributed by atoms with Gasteiger partial charge in [-0.25, -0.2) is 9.82 Å². The van der Waals surface area contributed by atoms with Crippen molar-refractivity contribution in [3.05, 3.63) is 47.8 Å². The molecule has 0 spiro atoms. The van der Waals surface area contributed by atoms with Gasteiger partial charge in [0.1, 0.15) is 5.82 Å². The minimum Gasteiger partial charge on any atom is -0.267 e. The Bertz CT molecular complexity index is 482. The molecule has 3 nitrogen and oxygen atoms in total. The van der Waals surface area contributed by atoms with E-state index in [1.807, 2.05) is 0 Å². The number of hydrogen-bond acceptors (Lipinski definition) is 2. The molecule has 1 aliphatic carbocycles. The van der Waals surface area contributed by atoms with E-state index in [0.29, 0.717) is 5.92 Å². The van der Waals surface area contributed by atoms with Gasteiger partial charge in [-0.15, -0.1) is 0 Å². The molecule has 1 aromatic carbocycles. The zero-order chi connectivity index (χ0) is 12.8. The van der Waals surface area contributed by atoms with E-state index in [1.165, 1.54) is 12.1 Å². The fourth-order valence-corrected chi connectivity index (χ4v) is 1.86. The van der Waals surface area contributed by atoms with E-state index in [-0.39, 0.29) is 5.56 Å². The van der Waals surface area contributed by atoms with Crippen molar-refractivity contribution in [1.82, 2.24) is 5.43 Å². The molecule has 94 valence electrons. The van der Waals surface area contributed by atoms with Gasteiger partial charge in [-0.2, -0.15) is 5.10 Å². The van der Waals surface area contributed by atoms with Crippen LogP contribution in [0.4, 0.5) is 4.39 Å². The first-order valence-corrected chi connectivity index (χ1v) is 6.00. The summed E-state index contributed by atoms with van der Waals surface area (Å²) in [5.74, 6) is -0.697. The van der Waals surface area contributed by atoms with Crippen molar-refractivity contribution in [1.29, 1.82) is 0 Å². The fourth-order valence-electron chi connectivity index (χ4n) is 1.86. The van der Waals surface area contributed by atoms with Crippen LogP contribution in [0.25, 0.3) is 0 Å². The standard InChI is InChI=1S/C14H15FN2O/c15-13-9-5-4-8-12(13)14(18)17-16-10-11-6-2-1-3-7-11/h1-2,4-5,8-11H,3,6-7H2,(H,17,18)/b16-10-/t11-/m1/s1. The van der Waals surface area contributed by atoms with Crippen LogP contribution >= 0.6 is 0 Å². The van der Waals surface area contributed by atoms with Gasteiger partial charge in [0.15, 0.2) is 0 Å². The van der Waals surface area contributed by atoms with Crippen molar-refractivity contribution < 1.29 is 9.18 Å². The lowest BCUT2D eigenvalue weighted by Crippen LogP contribution is -2.20. The summed E-state index contributed by atoms with van der Waals surface area (Å²) in [4.78, 5) is 11.6. The summed E-state index contributed by atoms with van der Waals surface area (Å²) in [6.07, 6.45) is 9.00. The summed E-state index contributed by atoms with van der Waals surface area (Å²) < 4.78 is 13.3. The van der Waals surface area contributed by atoms with E-state index < -0.39 is 11.7 Å². The molecule has 0 fully saturated rings. The largest absolute Gasteiger partial charge is 0.274 e. The number of nitrogens with zero attached hydrogens (tertiary/aromatic N) is 1. The smallest absolute Gasteiger partial charge is 0.267 e. The number of benzene rings is 1. The van der Waals surface area contributed by atoms with Crippen LogP contribution in [-0.2, 0) is 0 Å². The molecule has 0 heterocycles. The van der Waals surface area contributed by atoms with Crippen LogP contribution in [0, 0.1) is 11.7 Å². The average molecular weight is 246 g/mol. The van der Waals surface area contributed by atoms with Crippen LogP contribution < -0.4 is 5.43 Å². The molecule has 0 radical (unpaired) electrons. The van der Waals surface area contributed by atoms with Gasteiger partial charge in [-0.1, -0.05) is 24.3 Å². The Kier molecular flexibility index (Phi) is 4.23. The number of carbonyl (C=O) groups is 1. The lowest BCUT2D eigenvalue weighted by Gasteiger charge is -2.11. The van der Waals surface area contributed by atoms with Gasteiger partial charge in [0, 0.05) is 6.21 Å². The summed E-state index contributed by atoms with van der Waals surface area (Å²) in [5, 5.41) is 3.89. The molecule has 1 atom stereocenters. The van der Waals surface area contributed by atoms with Crippen molar-refractivity contribution in [2.75, 3.05) is 0 Å². The second-order valence-electron chi connectivity index (χ2n) is 4.24. The molecule has 0 unspecified atom stereocenters. The van der Waals surface area contributed by atoms with E-state index in [4.69, 9.17) is 0 Å². The predicted octanol–water partition coefficient (Wildman–Crippen LogP) is 2.90. The molecule has 0 saturated carbocycles. The first-order chi connectivity index (χ1) is 8.77. The first-order valence-electron chi connectivity index (χ1n) is 6.00. The van der Waals surface area contributed by atoms with Crippen LogP contribution in [0.15, 0.2) is 41.5 Å². The Balaban J connectivity index is 1.90. The second-order valence-corrected chi connectivity index (χ2v) is 4.24. The number of hydrogen-bond donors (Lipinski definition) is 1. The highest BCUT2D eigenvalue weighted by Crippen LogP contribution is 2.15. The summed E-state index contributed by atoms with van der Waals surface area (Å²) in [6, 6.07) is 5.85. The molecule has 0 bridgehead atoms. The number of rotatable bonds is 3. The Morgan fingerprint density at radius 2 is 2.22 bits per heavy atom. The number of amides is 1. The summed E-state index contributed by atoms with van der Waals surface area (Å²) in [5.41, 5.74) is 2.37. The lowest BCUT2D eigenvalue weighted by molar-refractivity contribution is 0.0951.